The number of rotatable bonds is 4. The first kappa shape index (κ1) is 12.5. The van der Waals surface area contributed by atoms with Crippen molar-refractivity contribution in [1.29, 1.82) is 0 Å². The van der Waals surface area contributed by atoms with E-state index in [4.69, 9.17) is 10.8 Å². The van der Waals surface area contributed by atoms with Crippen LogP contribution in [0, 0.1) is 5.41 Å². The molecule has 0 heterocycles. The Balaban J connectivity index is 2.56. The lowest BCUT2D eigenvalue weighted by atomic mass is 9.95. The summed E-state index contributed by atoms with van der Waals surface area (Å²) in [5, 5.41) is 11.8. The summed E-state index contributed by atoms with van der Waals surface area (Å²) in [4.78, 5) is 11.7. The second kappa shape index (κ2) is 4.99. The number of benzene rings is 1. The van der Waals surface area contributed by atoms with Crippen LogP contribution in [0.5, 0.6) is 0 Å². The van der Waals surface area contributed by atoms with Gasteiger partial charge in [0, 0.05) is 29.8 Å². The van der Waals surface area contributed by atoms with E-state index < -0.39 is 0 Å². The van der Waals surface area contributed by atoms with Crippen molar-refractivity contribution in [2.45, 2.75) is 13.8 Å². The Kier molecular flexibility index (Phi) is 3.90. The van der Waals surface area contributed by atoms with Gasteiger partial charge in [0.2, 0.25) is 0 Å². The molecule has 0 unspecified atom stereocenters. The molecular weight excluding hydrogens is 204 g/mol. The zero-order valence-electron chi connectivity index (χ0n) is 9.66. The average Bonchev–Trinajstić information content (AvgIpc) is 2.27. The molecule has 1 aromatic carbocycles. The van der Waals surface area contributed by atoms with E-state index in [0.717, 1.165) is 0 Å². The first-order valence-electron chi connectivity index (χ1n) is 5.19. The summed E-state index contributed by atoms with van der Waals surface area (Å²) in [6.07, 6.45) is 0. The molecule has 0 aromatic heterocycles. The Labute approximate surface area is 95.5 Å². The molecule has 0 spiro atoms. The number of carbonyl (C=O) groups excluding carboxylic acids is 1. The number of amides is 1. The van der Waals surface area contributed by atoms with E-state index in [1.807, 2.05) is 13.8 Å². The Morgan fingerprint density at radius 3 is 2.44 bits per heavy atom. The first-order valence-corrected chi connectivity index (χ1v) is 5.19. The fourth-order valence-electron chi connectivity index (χ4n) is 1.11. The van der Waals surface area contributed by atoms with Gasteiger partial charge in [-0.2, -0.15) is 0 Å². The highest BCUT2D eigenvalue weighted by molar-refractivity contribution is 5.94. The lowest BCUT2D eigenvalue weighted by molar-refractivity contribution is 0.0911. The van der Waals surface area contributed by atoms with Crippen LogP contribution in [0.25, 0.3) is 0 Å². The number of nitrogens with two attached hydrogens (primary N) is 1. The van der Waals surface area contributed by atoms with E-state index in [2.05, 4.69) is 5.32 Å². The summed E-state index contributed by atoms with van der Waals surface area (Å²) in [6.45, 7) is 4.24. The number of carbonyl (C=O) groups is 1. The minimum Gasteiger partial charge on any atom is -0.399 e. The minimum atomic E-state index is -0.302. The summed E-state index contributed by atoms with van der Waals surface area (Å²) in [5.41, 5.74) is 6.43. The normalized spacial score (nSPS) is 11.2. The molecule has 0 aliphatic carbocycles. The van der Waals surface area contributed by atoms with Crippen molar-refractivity contribution in [3.8, 4) is 0 Å². The minimum absolute atomic E-state index is 0.0367. The van der Waals surface area contributed by atoms with Crippen molar-refractivity contribution in [2.24, 2.45) is 5.41 Å². The highest BCUT2D eigenvalue weighted by Crippen LogP contribution is 2.12. The zero-order chi connectivity index (χ0) is 12.2. The molecule has 16 heavy (non-hydrogen) atoms. The van der Waals surface area contributed by atoms with Crippen LogP contribution in [0.3, 0.4) is 0 Å². The van der Waals surface area contributed by atoms with E-state index in [-0.39, 0.29) is 17.9 Å². The third kappa shape index (κ3) is 3.55. The van der Waals surface area contributed by atoms with E-state index in [9.17, 15) is 4.79 Å². The maximum atomic E-state index is 11.7. The summed E-state index contributed by atoms with van der Waals surface area (Å²) in [5.74, 6) is -0.151. The third-order valence-electron chi connectivity index (χ3n) is 2.33. The van der Waals surface area contributed by atoms with Gasteiger partial charge in [-0.1, -0.05) is 13.8 Å². The average molecular weight is 222 g/mol. The second-order valence-corrected chi connectivity index (χ2v) is 4.63. The van der Waals surface area contributed by atoms with E-state index >= 15 is 0 Å². The summed E-state index contributed by atoms with van der Waals surface area (Å²) < 4.78 is 0. The highest BCUT2D eigenvalue weighted by atomic mass is 16.3. The van der Waals surface area contributed by atoms with E-state index in [0.29, 0.717) is 17.8 Å². The highest BCUT2D eigenvalue weighted by Gasteiger charge is 2.17. The Morgan fingerprint density at radius 2 is 1.94 bits per heavy atom. The number of nitrogens with one attached hydrogen (secondary N) is 1. The lowest BCUT2D eigenvalue weighted by Gasteiger charge is -2.21. The summed E-state index contributed by atoms with van der Waals surface area (Å²) in [7, 11) is 0. The second-order valence-electron chi connectivity index (χ2n) is 4.63. The standard InChI is InChI=1S/C12H18N2O2/c1-12(2,8-15)7-14-11(16)9-3-5-10(13)6-4-9/h3-6,15H,7-8,13H2,1-2H3,(H,14,16). The van der Waals surface area contributed by atoms with Crippen molar-refractivity contribution >= 4 is 11.6 Å². The van der Waals surface area contributed by atoms with Crippen molar-refractivity contribution in [3.63, 3.8) is 0 Å². The van der Waals surface area contributed by atoms with Gasteiger partial charge in [-0.05, 0) is 24.3 Å². The lowest BCUT2D eigenvalue weighted by Crippen LogP contribution is -2.36. The SMILES string of the molecule is CC(C)(CO)CNC(=O)c1ccc(N)cc1. The van der Waals surface area contributed by atoms with Crippen LogP contribution < -0.4 is 11.1 Å². The zero-order valence-corrected chi connectivity index (χ0v) is 9.66. The largest absolute Gasteiger partial charge is 0.399 e. The molecule has 1 amide bonds. The monoisotopic (exact) mass is 222 g/mol. The Hall–Kier alpha value is -1.55. The van der Waals surface area contributed by atoms with Crippen LogP contribution in [0.4, 0.5) is 5.69 Å². The van der Waals surface area contributed by atoms with Crippen LogP contribution >= 0.6 is 0 Å². The number of nitrogen functional groups attached to an aromatic ring is 1. The van der Waals surface area contributed by atoms with E-state index in [1.165, 1.54) is 0 Å². The Morgan fingerprint density at radius 1 is 1.38 bits per heavy atom. The number of aliphatic hydroxyl groups is 1. The van der Waals surface area contributed by atoms with Crippen molar-refractivity contribution in [2.75, 3.05) is 18.9 Å². The van der Waals surface area contributed by atoms with Crippen molar-refractivity contribution in [3.05, 3.63) is 29.8 Å². The molecular formula is C12H18N2O2. The molecule has 1 rings (SSSR count). The number of aliphatic hydroxyl groups excluding tert-OH is 1. The fourth-order valence-corrected chi connectivity index (χ4v) is 1.11. The molecule has 4 heteroatoms. The van der Waals surface area contributed by atoms with Gasteiger partial charge >= 0.3 is 0 Å². The van der Waals surface area contributed by atoms with Gasteiger partial charge in [-0.15, -0.1) is 0 Å². The smallest absolute Gasteiger partial charge is 0.251 e. The van der Waals surface area contributed by atoms with Crippen LogP contribution in [0.2, 0.25) is 0 Å². The molecule has 0 saturated heterocycles. The van der Waals surface area contributed by atoms with Gasteiger partial charge in [0.1, 0.15) is 0 Å². The number of hydrogen-bond donors (Lipinski definition) is 3. The van der Waals surface area contributed by atoms with E-state index in [1.54, 1.807) is 24.3 Å². The van der Waals surface area contributed by atoms with Crippen LogP contribution in [0.15, 0.2) is 24.3 Å². The maximum absolute atomic E-state index is 11.7. The molecule has 0 aliphatic rings. The molecule has 4 N–H and O–H groups in total. The fraction of sp³-hybridized carbons (Fsp3) is 0.417. The predicted molar refractivity (Wildman–Crippen MR) is 64.1 cm³/mol. The van der Waals surface area contributed by atoms with Crippen molar-refractivity contribution < 1.29 is 9.90 Å². The molecule has 0 aliphatic heterocycles. The van der Waals surface area contributed by atoms with Gasteiger partial charge in [-0.25, -0.2) is 0 Å². The molecule has 0 atom stereocenters. The molecule has 0 saturated carbocycles. The van der Waals surface area contributed by atoms with Gasteiger partial charge in [0.15, 0.2) is 0 Å². The summed E-state index contributed by atoms with van der Waals surface area (Å²) >= 11 is 0. The third-order valence-corrected chi connectivity index (χ3v) is 2.33. The molecule has 4 nitrogen and oxygen atoms in total. The first-order chi connectivity index (χ1) is 7.44. The van der Waals surface area contributed by atoms with Gasteiger partial charge in [-0.3, -0.25) is 4.79 Å². The molecule has 1 aromatic rings. The Bertz CT molecular complexity index is 358. The van der Waals surface area contributed by atoms with Gasteiger partial charge in [0.05, 0.1) is 0 Å². The van der Waals surface area contributed by atoms with Crippen LogP contribution in [-0.2, 0) is 0 Å². The predicted octanol–water partition coefficient (Wildman–Crippen LogP) is 1.02. The number of anilines is 1. The van der Waals surface area contributed by atoms with Gasteiger partial charge < -0.3 is 16.2 Å². The molecule has 0 radical (unpaired) electrons. The number of hydrogen-bond acceptors (Lipinski definition) is 3. The molecule has 0 fully saturated rings. The summed E-state index contributed by atoms with van der Waals surface area (Å²) in [6, 6.07) is 6.73. The maximum Gasteiger partial charge on any atom is 0.251 e. The van der Waals surface area contributed by atoms with Crippen molar-refractivity contribution in [1.82, 2.24) is 5.32 Å². The topological polar surface area (TPSA) is 75.3 Å². The van der Waals surface area contributed by atoms with Gasteiger partial charge in [0.25, 0.3) is 5.91 Å². The molecule has 0 bridgehead atoms. The van der Waals surface area contributed by atoms with Crippen LogP contribution in [-0.4, -0.2) is 24.2 Å². The molecule has 88 valence electrons. The van der Waals surface area contributed by atoms with Crippen LogP contribution in [0.1, 0.15) is 24.2 Å². The quantitative estimate of drug-likeness (QED) is 0.666.